The molecule has 4 saturated heterocycles. The third-order valence-electron chi connectivity index (χ3n) is 15.3. The Morgan fingerprint density at radius 2 is 0.519 bits per heavy atom. The van der Waals surface area contributed by atoms with Gasteiger partial charge in [-0.1, -0.05) is 168 Å². The Kier molecular flexibility index (Phi) is 33.0. The molecule has 0 aliphatic carbocycles. The van der Waals surface area contributed by atoms with Crippen LogP contribution in [-0.4, -0.2) is 194 Å². The van der Waals surface area contributed by atoms with E-state index in [0.29, 0.717) is 19.3 Å². The van der Waals surface area contributed by atoms with E-state index in [9.17, 15) is 60.3 Å². The number of unbranched alkanes of at least 4 members (excludes halogenated alkanes) is 20. The number of carbonyl (C=O) groups is 3. The van der Waals surface area contributed by atoms with Gasteiger partial charge in [0.05, 0.1) is 37.6 Å². The Balaban J connectivity index is 1.60. The number of cyclic esters (lactones) is 3. The van der Waals surface area contributed by atoms with E-state index in [-0.39, 0.29) is 19.3 Å². The lowest BCUT2D eigenvalue weighted by atomic mass is 9.98. The maximum absolute atomic E-state index is 13.6. The van der Waals surface area contributed by atoms with Gasteiger partial charge in [0.15, 0.2) is 18.9 Å². The Morgan fingerprint density at radius 1 is 0.299 bits per heavy atom. The molecule has 0 spiro atoms. The molecule has 4 fully saturated rings. The number of fused-ring (bicyclic) bond motifs is 6. The van der Waals surface area contributed by atoms with Crippen LogP contribution >= 0.6 is 0 Å². The van der Waals surface area contributed by atoms with Gasteiger partial charge < -0.3 is 88.6 Å². The summed E-state index contributed by atoms with van der Waals surface area (Å²) in [4.78, 5) is 40.8. The number of aliphatic hydroxyl groups is 9. The van der Waals surface area contributed by atoms with Crippen molar-refractivity contribution in [2.75, 3.05) is 19.8 Å². The van der Waals surface area contributed by atoms with E-state index in [0.717, 1.165) is 116 Å². The van der Waals surface area contributed by atoms with Gasteiger partial charge in [-0.15, -0.1) is 0 Å². The summed E-state index contributed by atoms with van der Waals surface area (Å²) in [6.45, 7) is 4.61. The normalized spacial score (nSPS) is 35.6. The lowest BCUT2D eigenvalue weighted by molar-refractivity contribution is -0.314. The average molecular weight is 1110 g/mol. The second kappa shape index (κ2) is 37.7. The maximum Gasteiger partial charge on any atom is 0.308 e. The lowest BCUT2D eigenvalue weighted by Crippen LogP contribution is -2.60. The van der Waals surface area contributed by atoms with Crippen LogP contribution in [0.5, 0.6) is 0 Å². The fourth-order valence-electron chi connectivity index (χ4n) is 10.3. The van der Waals surface area contributed by atoms with Crippen molar-refractivity contribution in [2.24, 2.45) is 0 Å². The van der Waals surface area contributed by atoms with E-state index in [2.05, 4.69) is 20.8 Å². The van der Waals surface area contributed by atoms with Gasteiger partial charge in [-0.05, 0) is 19.3 Å². The molecule has 0 aromatic heterocycles. The number of hydrogen-bond acceptors (Lipinski definition) is 21. The molecule has 0 saturated carbocycles. The standard InChI is InChI=1S/C56H100O21/c1-4-7-10-13-16-17-20-23-26-29-38-32-44(59)71-35-40-46(61)49(64)52(67)55(76-40)73-36(27-24-21-18-14-11-8-5-2)30-42(57)69-33-39-45(60)48(63)51(66)54(75-39)72-37(28-25-22-19-15-12-9-6-3)31-43(58)70-34-41-47(62)50(65)53(68)56(74-38)77-41/h36-41,45-56,60-68H,4-35H2,1-3H3/t36-,37-,38-,39-,40-,41-,45+,46+,47+,48+,49+,50+,51-,52-,53-,54-,55-,56-/m1/s1. The van der Waals surface area contributed by atoms with Gasteiger partial charge in [0, 0.05) is 0 Å². The van der Waals surface area contributed by atoms with E-state index >= 15 is 0 Å². The minimum absolute atomic E-state index is 0.288. The van der Waals surface area contributed by atoms with Crippen LogP contribution in [0.2, 0.25) is 0 Å². The molecule has 4 rings (SSSR count). The van der Waals surface area contributed by atoms with Gasteiger partial charge in [0.2, 0.25) is 0 Å². The van der Waals surface area contributed by atoms with Crippen molar-refractivity contribution < 1.29 is 103 Å². The molecule has 6 bridgehead atoms. The van der Waals surface area contributed by atoms with Crippen LogP contribution in [0.3, 0.4) is 0 Å². The fraction of sp³-hybridized carbons (Fsp3) is 0.946. The third kappa shape index (κ3) is 24.0. The van der Waals surface area contributed by atoms with Crippen LogP contribution in [0, 0.1) is 0 Å². The van der Waals surface area contributed by atoms with Gasteiger partial charge in [-0.2, -0.15) is 0 Å². The molecule has 0 unspecified atom stereocenters. The van der Waals surface area contributed by atoms with E-state index in [1.807, 2.05) is 0 Å². The van der Waals surface area contributed by atoms with E-state index in [1.165, 1.54) is 12.8 Å². The number of ether oxygens (including phenoxy) is 9. The predicted molar refractivity (Wildman–Crippen MR) is 278 cm³/mol. The summed E-state index contributed by atoms with van der Waals surface area (Å²) in [6.07, 6.45) is -5.91. The topological polar surface area (TPSA) is 316 Å². The van der Waals surface area contributed by atoms with E-state index in [1.54, 1.807) is 0 Å². The third-order valence-corrected chi connectivity index (χ3v) is 15.3. The summed E-state index contributed by atoms with van der Waals surface area (Å²) in [5.74, 6) is -2.46. The molecule has 4 heterocycles. The summed E-state index contributed by atoms with van der Waals surface area (Å²) in [6, 6.07) is 0. The molecular formula is C56H100O21. The Labute approximate surface area is 456 Å². The lowest BCUT2D eigenvalue weighted by Gasteiger charge is -2.41. The van der Waals surface area contributed by atoms with Crippen LogP contribution in [0.4, 0.5) is 0 Å². The zero-order chi connectivity index (χ0) is 56.1. The fourth-order valence-corrected chi connectivity index (χ4v) is 10.3. The van der Waals surface area contributed by atoms with Crippen LogP contribution in [0.15, 0.2) is 0 Å². The zero-order valence-electron chi connectivity index (χ0n) is 46.4. The highest BCUT2D eigenvalue weighted by Crippen LogP contribution is 2.30. The van der Waals surface area contributed by atoms with Gasteiger partial charge >= 0.3 is 17.9 Å². The van der Waals surface area contributed by atoms with E-state index < -0.39 is 167 Å². The first kappa shape index (κ1) is 67.3. The highest BCUT2D eigenvalue weighted by molar-refractivity contribution is 5.70. The highest BCUT2D eigenvalue weighted by atomic mass is 16.7. The first-order chi connectivity index (χ1) is 37.1. The van der Waals surface area contributed by atoms with Crippen LogP contribution in [0.1, 0.15) is 207 Å². The Bertz CT molecular complexity index is 1580. The van der Waals surface area contributed by atoms with Gasteiger partial charge in [-0.25, -0.2) is 0 Å². The highest BCUT2D eigenvalue weighted by Gasteiger charge is 2.49. The van der Waals surface area contributed by atoms with Gasteiger partial charge in [0.25, 0.3) is 0 Å². The zero-order valence-corrected chi connectivity index (χ0v) is 46.4. The van der Waals surface area contributed by atoms with Crippen molar-refractivity contribution in [3.63, 3.8) is 0 Å². The first-order valence-electron chi connectivity index (χ1n) is 29.6. The van der Waals surface area contributed by atoms with E-state index in [4.69, 9.17) is 42.6 Å². The molecule has 9 N–H and O–H groups in total. The number of carbonyl (C=O) groups excluding carboxylic acids is 3. The van der Waals surface area contributed by atoms with Crippen molar-refractivity contribution in [3.05, 3.63) is 0 Å². The molecule has 77 heavy (non-hydrogen) atoms. The molecule has 0 aromatic rings. The number of hydrogen-bond donors (Lipinski definition) is 9. The van der Waals surface area contributed by atoms with Crippen LogP contribution < -0.4 is 0 Å². The first-order valence-corrected chi connectivity index (χ1v) is 29.6. The molecule has 0 radical (unpaired) electrons. The molecule has 0 amide bonds. The molecule has 450 valence electrons. The van der Waals surface area contributed by atoms with Crippen molar-refractivity contribution >= 4 is 17.9 Å². The summed E-state index contributed by atoms with van der Waals surface area (Å²) >= 11 is 0. The maximum atomic E-state index is 13.6. The minimum Gasteiger partial charge on any atom is -0.463 e. The summed E-state index contributed by atoms with van der Waals surface area (Å²) in [5, 5.41) is 99.4. The number of aliphatic hydroxyl groups excluding tert-OH is 9. The Morgan fingerprint density at radius 3 is 0.753 bits per heavy atom. The SMILES string of the molecule is CCCCCCCCCCC[C@@H]1CC(=O)OC[C@H]2O[C@@H](O[C@H](CCCCCCCCC)CC(=O)OC[C@H]3O[C@@H](O[C@H](CCCCCCCCC)CC(=O)OC[C@H]4O[C@@H](O1)[C@H](O)[C@@H](O)[C@H]4O)[C@H](O)[C@@H](O)[C@H]3O)[C@H](O)[C@@H](O)[C@H]2O. The second-order valence-corrected chi connectivity index (χ2v) is 21.9. The van der Waals surface area contributed by atoms with Gasteiger partial charge in [0.1, 0.15) is 93.1 Å². The average Bonchev–Trinajstić information content (AvgIpc) is 3.41. The smallest absolute Gasteiger partial charge is 0.308 e. The second-order valence-electron chi connectivity index (χ2n) is 21.9. The van der Waals surface area contributed by atoms with Crippen LogP contribution in [0.25, 0.3) is 0 Å². The summed E-state index contributed by atoms with van der Waals surface area (Å²) in [7, 11) is 0. The molecule has 4 aliphatic heterocycles. The quantitative estimate of drug-likeness (QED) is 0.0325. The molecule has 4 aliphatic rings. The molecule has 21 heteroatoms. The van der Waals surface area contributed by atoms with Crippen molar-refractivity contribution in [2.45, 2.75) is 317 Å². The van der Waals surface area contributed by atoms with Crippen molar-refractivity contribution in [3.8, 4) is 0 Å². The monoisotopic (exact) mass is 1110 g/mol. The predicted octanol–water partition coefficient (Wildman–Crippen LogP) is 4.58. The van der Waals surface area contributed by atoms with Gasteiger partial charge in [-0.3, -0.25) is 14.4 Å². The number of esters is 3. The summed E-state index contributed by atoms with van der Waals surface area (Å²) < 4.78 is 53.1. The summed E-state index contributed by atoms with van der Waals surface area (Å²) in [5.41, 5.74) is 0. The van der Waals surface area contributed by atoms with Crippen molar-refractivity contribution in [1.29, 1.82) is 0 Å². The molecular weight excluding hydrogens is 1010 g/mol. The van der Waals surface area contributed by atoms with Crippen molar-refractivity contribution in [1.82, 2.24) is 0 Å². The minimum atomic E-state index is -1.82. The molecule has 18 atom stereocenters. The molecule has 0 aromatic carbocycles. The Hall–Kier alpha value is -2.19. The largest absolute Gasteiger partial charge is 0.463 e. The molecule has 21 nitrogen and oxygen atoms in total. The number of rotatable bonds is 26. The van der Waals surface area contributed by atoms with Crippen LogP contribution in [-0.2, 0) is 57.0 Å².